The van der Waals surface area contributed by atoms with E-state index in [0.717, 1.165) is 5.56 Å². The van der Waals surface area contributed by atoms with Gasteiger partial charge < -0.3 is 19.9 Å². The topological polar surface area (TPSA) is 84.9 Å². The summed E-state index contributed by atoms with van der Waals surface area (Å²) in [5.74, 6) is -0.808. The molecular weight excluding hydrogens is 365 g/mol. The summed E-state index contributed by atoms with van der Waals surface area (Å²) < 4.78 is 23.6. The molecule has 3 unspecified atom stereocenters. The maximum absolute atomic E-state index is 13.1. The SMILES string of the molecule is COc1ccc(C(CC(=O)O)NC(=O)C2CC2c2ccc(F)cc2)c(OC)c1. The first-order chi connectivity index (χ1) is 13.4. The molecule has 1 aliphatic carbocycles. The summed E-state index contributed by atoms with van der Waals surface area (Å²) in [5.41, 5.74) is 1.47. The molecular formula is C21H22FNO5. The van der Waals surface area contributed by atoms with Crippen LogP contribution < -0.4 is 14.8 Å². The minimum Gasteiger partial charge on any atom is -0.497 e. The highest BCUT2D eigenvalue weighted by Crippen LogP contribution is 2.48. The molecule has 2 N–H and O–H groups in total. The van der Waals surface area contributed by atoms with E-state index in [9.17, 15) is 19.1 Å². The maximum Gasteiger partial charge on any atom is 0.305 e. The lowest BCUT2D eigenvalue weighted by atomic mass is 10.0. The predicted octanol–water partition coefficient (Wildman–Crippen LogP) is 3.28. The minimum absolute atomic E-state index is 0.0174. The molecule has 0 aromatic heterocycles. The lowest BCUT2D eigenvalue weighted by Gasteiger charge is -2.20. The number of amides is 1. The largest absolute Gasteiger partial charge is 0.497 e. The Morgan fingerprint density at radius 1 is 1.18 bits per heavy atom. The lowest BCUT2D eigenvalue weighted by molar-refractivity contribution is -0.137. The van der Waals surface area contributed by atoms with Gasteiger partial charge in [-0.15, -0.1) is 0 Å². The monoisotopic (exact) mass is 387 g/mol. The Morgan fingerprint density at radius 3 is 2.50 bits per heavy atom. The molecule has 0 aliphatic heterocycles. The van der Waals surface area contributed by atoms with Gasteiger partial charge in [0, 0.05) is 17.5 Å². The molecule has 2 aromatic rings. The van der Waals surface area contributed by atoms with Crippen molar-refractivity contribution in [2.45, 2.75) is 24.8 Å². The number of halogens is 1. The summed E-state index contributed by atoms with van der Waals surface area (Å²) in [6, 6.07) is 10.4. The van der Waals surface area contributed by atoms with Gasteiger partial charge in [-0.3, -0.25) is 9.59 Å². The fraction of sp³-hybridized carbons (Fsp3) is 0.333. The van der Waals surface area contributed by atoms with E-state index in [2.05, 4.69) is 5.32 Å². The van der Waals surface area contributed by atoms with Gasteiger partial charge in [0.15, 0.2) is 0 Å². The zero-order valence-electron chi connectivity index (χ0n) is 15.6. The first kappa shape index (κ1) is 19.7. The van der Waals surface area contributed by atoms with E-state index in [0.29, 0.717) is 23.5 Å². The van der Waals surface area contributed by atoms with Crippen LogP contribution in [0.3, 0.4) is 0 Å². The van der Waals surface area contributed by atoms with E-state index in [-0.39, 0.29) is 30.0 Å². The Balaban J connectivity index is 1.75. The van der Waals surface area contributed by atoms with Gasteiger partial charge >= 0.3 is 5.97 Å². The average molecular weight is 387 g/mol. The van der Waals surface area contributed by atoms with Crippen molar-refractivity contribution in [1.82, 2.24) is 5.32 Å². The van der Waals surface area contributed by atoms with Crippen LogP contribution in [-0.2, 0) is 9.59 Å². The zero-order valence-corrected chi connectivity index (χ0v) is 15.6. The molecule has 1 fully saturated rings. The summed E-state index contributed by atoms with van der Waals surface area (Å²) in [6.07, 6.45) is 0.374. The molecule has 0 spiro atoms. The van der Waals surface area contributed by atoms with Gasteiger partial charge in [0.05, 0.1) is 26.7 Å². The zero-order chi connectivity index (χ0) is 20.3. The van der Waals surface area contributed by atoms with Crippen LogP contribution in [0.4, 0.5) is 4.39 Å². The van der Waals surface area contributed by atoms with E-state index < -0.39 is 12.0 Å². The smallest absolute Gasteiger partial charge is 0.305 e. The fourth-order valence-corrected chi connectivity index (χ4v) is 3.36. The average Bonchev–Trinajstić information content (AvgIpc) is 3.48. The second-order valence-electron chi connectivity index (χ2n) is 6.77. The van der Waals surface area contributed by atoms with Crippen LogP contribution in [-0.4, -0.2) is 31.2 Å². The summed E-state index contributed by atoms with van der Waals surface area (Å²) >= 11 is 0. The first-order valence-electron chi connectivity index (χ1n) is 8.92. The van der Waals surface area contributed by atoms with Crippen molar-refractivity contribution in [2.75, 3.05) is 14.2 Å². The standard InChI is InChI=1S/C21H22FNO5/c1-27-14-7-8-15(19(9-14)28-2)18(11-20(24)25)23-21(26)17-10-16(17)12-3-5-13(22)6-4-12/h3-9,16-18H,10-11H2,1-2H3,(H,23,26)(H,24,25). The molecule has 0 heterocycles. The molecule has 28 heavy (non-hydrogen) atoms. The summed E-state index contributed by atoms with van der Waals surface area (Å²) in [4.78, 5) is 24.0. The van der Waals surface area contributed by atoms with E-state index in [1.807, 2.05) is 0 Å². The second kappa shape index (κ2) is 8.29. The molecule has 1 aliphatic rings. The number of benzene rings is 2. The van der Waals surface area contributed by atoms with Crippen molar-refractivity contribution in [2.24, 2.45) is 5.92 Å². The number of carboxylic acid groups (broad SMARTS) is 1. The highest BCUT2D eigenvalue weighted by Gasteiger charge is 2.44. The van der Waals surface area contributed by atoms with Gasteiger partial charge in [0.2, 0.25) is 5.91 Å². The summed E-state index contributed by atoms with van der Waals surface area (Å²) in [7, 11) is 3.00. The predicted molar refractivity (Wildman–Crippen MR) is 99.9 cm³/mol. The van der Waals surface area contributed by atoms with Crippen LogP contribution in [0, 0.1) is 11.7 Å². The van der Waals surface area contributed by atoms with Crippen molar-refractivity contribution in [3.05, 3.63) is 59.4 Å². The van der Waals surface area contributed by atoms with Crippen LogP contribution >= 0.6 is 0 Å². The van der Waals surface area contributed by atoms with Gasteiger partial charge in [0.25, 0.3) is 0 Å². The summed E-state index contributed by atoms with van der Waals surface area (Å²) in [6.45, 7) is 0. The lowest BCUT2D eigenvalue weighted by Crippen LogP contribution is -2.32. The molecule has 2 aromatic carbocycles. The third-order valence-electron chi connectivity index (χ3n) is 4.94. The van der Waals surface area contributed by atoms with Crippen molar-refractivity contribution < 1.29 is 28.6 Å². The number of hydrogen-bond donors (Lipinski definition) is 2. The highest BCUT2D eigenvalue weighted by molar-refractivity contribution is 5.84. The van der Waals surface area contributed by atoms with Gasteiger partial charge in [-0.05, 0) is 42.2 Å². The number of aliphatic carboxylic acids is 1. The molecule has 6 nitrogen and oxygen atoms in total. The maximum atomic E-state index is 13.1. The second-order valence-corrected chi connectivity index (χ2v) is 6.77. The van der Waals surface area contributed by atoms with Crippen LogP contribution in [0.1, 0.15) is 35.9 Å². The Labute approximate surface area is 162 Å². The molecule has 1 saturated carbocycles. The molecule has 0 saturated heterocycles. The van der Waals surface area contributed by atoms with Crippen LogP contribution in [0.5, 0.6) is 11.5 Å². The molecule has 3 rings (SSSR count). The molecule has 0 radical (unpaired) electrons. The van der Waals surface area contributed by atoms with Crippen molar-refractivity contribution in [3.63, 3.8) is 0 Å². The number of nitrogens with one attached hydrogen (secondary N) is 1. The number of rotatable bonds is 8. The Morgan fingerprint density at radius 2 is 1.89 bits per heavy atom. The first-order valence-corrected chi connectivity index (χ1v) is 8.92. The van der Waals surface area contributed by atoms with Gasteiger partial charge in [-0.25, -0.2) is 4.39 Å². The number of carbonyl (C=O) groups is 2. The molecule has 0 bridgehead atoms. The number of carbonyl (C=O) groups excluding carboxylic acids is 1. The van der Waals surface area contributed by atoms with Crippen LogP contribution in [0.15, 0.2) is 42.5 Å². The quantitative estimate of drug-likeness (QED) is 0.726. The van der Waals surface area contributed by atoms with Crippen molar-refractivity contribution >= 4 is 11.9 Å². The number of carboxylic acids is 1. The molecule has 1 amide bonds. The van der Waals surface area contributed by atoms with Crippen LogP contribution in [0.25, 0.3) is 0 Å². The minimum atomic E-state index is -1.03. The normalized spacial score (nSPS) is 18.8. The number of methoxy groups -OCH3 is 2. The van der Waals surface area contributed by atoms with Crippen molar-refractivity contribution in [1.29, 1.82) is 0 Å². The molecule has 3 atom stereocenters. The number of ether oxygens (including phenoxy) is 2. The van der Waals surface area contributed by atoms with E-state index in [1.54, 1.807) is 30.3 Å². The molecule has 148 valence electrons. The Hall–Kier alpha value is -3.09. The number of hydrogen-bond acceptors (Lipinski definition) is 4. The van der Waals surface area contributed by atoms with E-state index >= 15 is 0 Å². The van der Waals surface area contributed by atoms with Gasteiger partial charge in [-0.2, -0.15) is 0 Å². The third kappa shape index (κ3) is 4.42. The Kier molecular flexibility index (Phi) is 5.82. The highest BCUT2D eigenvalue weighted by atomic mass is 19.1. The van der Waals surface area contributed by atoms with Crippen LogP contribution in [0.2, 0.25) is 0 Å². The van der Waals surface area contributed by atoms with E-state index in [1.165, 1.54) is 26.4 Å². The fourth-order valence-electron chi connectivity index (χ4n) is 3.36. The Bertz CT molecular complexity index is 868. The third-order valence-corrected chi connectivity index (χ3v) is 4.94. The summed E-state index contributed by atoms with van der Waals surface area (Å²) in [5, 5.41) is 12.1. The molecule has 7 heteroatoms. The van der Waals surface area contributed by atoms with E-state index in [4.69, 9.17) is 9.47 Å². The van der Waals surface area contributed by atoms with Gasteiger partial charge in [0.1, 0.15) is 17.3 Å². The van der Waals surface area contributed by atoms with Gasteiger partial charge in [-0.1, -0.05) is 12.1 Å². The van der Waals surface area contributed by atoms with Crippen molar-refractivity contribution in [3.8, 4) is 11.5 Å².